The van der Waals surface area contributed by atoms with Gasteiger partial charge in [0.25, 0.3) is 17.7 Å². The van der Waals surface area contributed by atoms with E-state index in [9.17, 15) is 33.9 Å². The van der Waals surface area contributed by atoms with Crippen molar-refractivity contribution in [1.82, 2.24) is 15.8 Å². The Morgan fingerprint density at radius 1 is 1.10 bits per heavy atom. The van der Waals surface area contributed by atoms with Crippen molar-refractivity contribution in [2.24, 2.45) is 0 Å². The Hall–Kier alpha value is -5.37. The van der Waals surface area contributed by atoms with Crippen molar-refractivity contribution in [3.05, 3.63) is 65.9 Å². The van der Waals surface area contributed by atoms with Crippen molar-refractivity contribution in [3.8, 4) is 11.3 Å². The normalized spacial score (nSPS) is 15.3. The Morgan fingerprint density at radius 2 is 1.76 bits per heavy atom. The average molecular weight is 578 g/mol. The minimum atomic E-state index is -1.41. The summed E-state index contributed by atoms with van der Waals surface area (Å²) in [4.78, 5) is 77.6. The maximum atomic E-state index is 13.9. The number of nitrogens with zero attached hydrogens (tertiary/aromatic N) is 3. The van der Waals surface area contributed by atoms with Crippen molar-refractivity contribution in [2.45, 2.75) is 25.4 Å². The van der Waals surface area contributed by atoms with Gasteiger partial charge in [0.2, 0.25) is 5.91 Å². The average Bonchev–Trinajstić information content (AvgIpc) is 3.33. The molecule has 1 aliphatic heterocycles. The number of amides is 4. The molecule has 2 aromatic carbocycles. The Balaban J connectivity index is 1.69. The fourth-order valence-electron chi connectivity index (χ4n) is 4.56. The first-order valence-corrected chi connectivity index (χ1v) is 12.7. The van der Waals surface area contributed by atoms with Crippen molar-refractivity contribution in [1.29, 1.82) is 0 Å². The minimum absolute atomic E-state index is 0.0579. The highest BCUT2D eigenvalue weighted by atomic mass is 16.5. The van der Waals surface area contributed by atoms with Crippen LogP contribution >= 0.6 is 0 Å². The van der Waals surface area contributed by atoms with Crippen LogP contribution in [0.15, 0.2) is 59.1 Å². The van der Waals surface area contributed by atoms with Crippen LogP contribution in [0.4, 0.5) is 11.4 Å². The zero-order valence-electron chi connectivity index (χ0n) is 22.4. The third kappa shape index (κ3) is 6.33. The van der Waals surface area contributed by atoms with Crippen LogP contribution in [0.2, 0.25) is 0 Å². The van der Waals surface area contributed by atoms with Crippen molar-refractivity contribution >= 4 is 47.3 Å². The summed E-state index contributed by atoms with van der Waals surface area (Å²) in [6, 6.07) is 12.1. The summed E-state index contributed by atoms with van der Waals surface area (Å²) in [7, 11) is 0. The number of hydrogen-bond donors (Lipinski definition) is 4. The van der Waals surface area contributed by atoms with Crippen LogP contribution in [0.1, 0.15) is 22.5 Å². The number of para-hydroxylation sites is 2. The number of fused-ring (bicyclic) bond motifs is 1. The monoisotopic (exact) mass is 577 g/mol. The number of aliphatic hydroxyl groups is 1. The van der Waals surface area contributed by atoms with E-state index < -0.39 is 61.3 Å². The number of nitrogens with one attached hydrogen (secondary N) is 2. The Bertz CT molecular complexity index is 1520. The van der Waals surface area contributed by atoms with Gasteiger partial charge in [-0.25, -0.2) is 0 Å². The van der Waals surface area contributed by atoms with Crippen LogP contribution in [0, 0.1) is 6.92 Å². The molecule has 218 valence electrons. The summed E-state index contributed by atoms with van der Waals surface area (Å²) in [5, 5.41) is 27.5. The number of aliphatic hydroxyl groups excluding tert-OH is 1. The molecule has 14 heteroatoms. The topological polar surface area (TPSA) is 199 Å². The van der Waals surface area contributed by atoms with Crippen molar-refractivity contribution < 1.29 is 43.5 Å². The zero-order chi connectivity index (χ0) is 30.4. The third-order valence-electron chi connectivity index (χ3n) is 6.48. The number of hydrogen-bond acceptors (Lipinski definition) is 9. The lowest BCUT2D eigenvalue weighted by Gasteiger charge is -2.25. The summed E-state index contributed by atoms with van der Waals surface area (Å²) in [5.41, 5.74) is 1.16. The largest absolute Gasteiger partial charge is 0.481 e. The Kier molecular flexibility index (Phi) is 9.07. The lowest BCUT2D eigenvalue weighted by Crippen LogP contribution is -2.55. The van der Waals surface area contributed by atoms with E-state index in [1.807, 2.05) is 0 Å². The number of anilines is 2. The van der Waals surface area contributed by atoms with Gasteiger partial charge < -0.3 is 35.1 Å². The third-order valence-corrected chi connectivity index (χ3v) is 6.48. The zero-order valence-corrected chi connectivity index (χ0v) is 22.4. The molecule has 0 aliphatic carbocycles. The molecule has 2 atom stereocenters. The first-order valence-electron chi connectivity index (χ1n) is 12.7. The van der Waals surface area contributed by atoms with Gasteiger partial charge in [-0.15, -0.1) is 0 Å². The minimum Gasteiger partial charge on any atom is -0.481 e. The number of aromatic nitrogens is 1. The molecule has 0 saturated carbocycles. The SMILES string of the molecule is Cc1onc(-c2ccccc2)c1C(=O)N[C@H]1CN(C(=O)CO)c2ccccc2N(CC(=O)N[C@H](C=O)CC(=O)O)C1=O. The number of aliphatic carboxylic acids is 1. The van der Waals surface area contributed by atoms with Crippen LogP contribution in [0.3, 0.4) is 0 Å². The predicted octanol–water partition coefficient (Wildman–Crippen LogP) is 0.279. The first-order chi connectivity index (χ1) is 20.1. The van der Waals surface area contributed by atoms with Crippen molar-refractivity contribution in [3.63, 3.8) is 0 Å². The van der Waals surface area contributed by atoms with Crippen LogP contribution in [-0.2, 0) is 24.0 Å². The summed E-state index contributed by atoms with van der Waals surface area (Å²) >= 11 is 0. The number of rotatable bonds is 10. The molecule has 1 aromatic heterocycles. The van der Waals surface area contributed by atoms with Crippen LogP contribution < -0.4 is 20.4 Å². The second kappa shape index (κ2) is 12.9. The lowest BCUT2D eigenvalue weighted by molar-refractivity contribution is -0.139. The second-order valence-corrected chi connectivity index (χ2v) is 9.34. The summed E-state index contributed by atoms with van der Waals surface area (Å²) in [5.74, 6) is -4.29. The van der Waals surface area contributed by atoms with E-state index in [0.29, 0.717) is 5.56 Å². The Morgan fingerprint density at radius 3 is 2.40 bits per heavy atom. The molecule has 0 saturated heterocycles. The van der Waals surface area contributed by atoms with E-state index in [4.69, 9.17) is 9.63 Å². The van der Waals surface area contributed by atoms with Gasteiger partial charge in [-0.2, -0.15) is 0 Å². The van der Waals surface area contributed by atoms with E-state index in [-0.39, 0.29) is 41.2 Å². The van der Waals surface area contributed by atoms with E-state index in [1.54, 1.807) is 42.5 Å². The number of benzene rings is 2. The van der Waals surface area contributed by atoms with Gasteiger partial charge in [-0.05, 0) is 19.1 Å². The van der Waals surface area contributed by atoms with E-state index in [1.165, 1.54) is 19.1 Å². The molecule has 4 rings (SSSR count). The molecule has 1 aliphatic rings. The van der Waals surface area contributed by atoms with Crippen molar-refractivity contribution in [2.75, 3.05) is 29.5 Å². The van der Waals surface area contributed by atoms with Gasteiger partial charge in [-0.3, -0.25) is 28.9 Å². The number of carboxylic acids is 1. The fraction of sp³-hybridized carbons (Fsp3) is 0.250. The molecule has 0 fully saturated rings. The van der Waals surface area contributed by atoms with E-state index in [0.717, 1.165) is 9.80 Å². The molecule has 42 heavy (non-hydrogen) atoms. The molecule has 2 heterocycles. The van der Waals surface area contributed by atoms with Gasteiger partial charge in [0, 0.05) is 5.56 Å². The molecule has 0 spiro atoms. The van der Waals surface area contributed by atoms with Crippen LogP contribution in [-0.4, -0.2) is 83.0 Å². The molecule has 14 nitrogen and oxygen atoms in total. The molecular formula is C28H27N5O9. The summed E-state index contributed by atoms with van der Waals surface area (Å²) in [6.45, 7) is -0.435. The maximum absolute atomic E-state index is 13.9. The van der Waals surface area contributed by atoms with Gasteiger partial charge in [0.05, 0.1) is 30.4 Å². The fourth-order valence-corrected chi connectivity index (χ4v) is 4.56. The standard InChI is InChI=1S/C28H27N5O9/c1-16-25(26(31-42-16)17-7-3-2-4-8-17)27(40)30-19-12-32(23(37)15-35)20-9-5-6-10-21(20)33(28(19)41)13-22(36)29-18(14-34)11-24(38)39/h2-10,14,18-19,35H,11-13,15H2,1H3,(H,29,36)(H,30,40)(H,38,39)/t18-,19-/m0/s1. The number of carbonyl (C=O) groups excluding carboxylic acids is 5. The van der Waals surface area contributed by atoms with Gasteiger partial charge in [0.1, 0.15) is 42.5 Å². The molecule has 4 N–H and O–H groups in total. The molecular weight excluding hydrogens is 550 g/mol. The van der Waals surface area contributed by atoms with E-state index >= 15 is 0 Å². The second-order valence-electron chi connectivity index (χ2n) is 9.34. The number of carbonyl (C=O) groups is 6. The smallest absolute Gasteiger partial charge is 0.305 e. The highest BCUT2D eigenvalue weighted by Gasteiger charge is 2.38. The predicted molar refractivity (Wildman–Crippen MR) is 146 cm³/mol. The Labute approximate surface area is 238 Å². The number of aldehydes is 1. The molecule has 0 radical (unpaired) electrons. The molecule has 0 unspecified atom stereocenters. The quantitative estimate of drug-likeness (QED) is 0.243. The highest BCUT2D eigenvalue weighted by Crippen LogP contribution is 2.33. The molecule has 4 amide bonds. The summed E-state index contributed by atoms with van der Waals surface area (Å²) < 4.78 is 5.26. The van der Waals surface area contributed by atoms with Gasteiger partial charge >= 0.3 is 5.97 Å². The first kappa shape index (κ1) is 29.6. The molecule has 0 bridgehead atoms. The maximum Gasteiger partial charge on any atom is 0.305 e. The number of carboxylic acid groups (broad SMARTS) is 1. The van der Waals surface area contributed by atoms with Gasteiger partial charge in [0.15, 0.2) is 0 Å². The van der Waals surface area contributed by atoms with Crippen LogP contribution in [0.5, 0.6) is 0 Å². The van der Waals surface area contributed by atoms with E-state index in [2.05, 4.69) is 15.8 Å². The van der Waals surface area contributed by atoms with Gasteiger partial charge in [-0.1, -0.05) is 47.6 Å². The highest BCUT2D eigenvalue weighted by molar-refractivity contribution is 6.11. The number of aryl methyl sites for hydroxylation is 1. The summed E-state index contributed by atoms with van der Waals surface area (Å²) in [6.07, 6.45) is -0.403. The lowest BCUT2D eigenvalue weighted by atomic mass is 10.1. The molecule has 3 aromatic rings. The van der Waals surface area contributed by atoms with Crippen LogP contribution in [0.25, 0.3) is 11.3 Å².